The van der Waals surface area contributed by atoms with Gasteiger partial charge in [-0.15, -0.1) is 68.0 Å². The van der Waals surface area contributed by atoms with Crippen molar-refractivity contribution in [3.63, 3.8) is 0 Å². The fourth-order valence-corrected chi connectivity index (χ4v) is 16.4. The van der Waals surface area contributed by atoms with Crippen LogP contribution in [0.4, 0.5) is 0 Å². The van der Waals surface area contributed by atoms with E-state index >= 15 is 0 Å². The van der Waals surface area contributed by atoms with Gasteiger partial charge in [0, 0.05) is 36.9 Å². The number of thiophene rings is 6. The molecule has 12 rings (SSSR count). The molecule has 0 amide bonds. The lowest BCUT2D eigenvalue weighted by molar-refractivity contribution is 0.255. The number of rotatable bonds is 0. The number of nitrogens with zero attached hydrogens (tertiary/aromatic N) is 2. The summed E-state index contributed by atoms with van der Waals surface area (Å²) in [4.78, 5) is 8.91. The van der Waals surface area contributed by atoms with Gasteiger partial charge in [0.25, 0.3) is 0 Å². The van der Waals surface area contributed by atoms with E-state index in [9.17, 15) is 0 Å². The number of aryl methyl sites for hydroxylation is 1. The average molecular weight is 829 g/mol. The lowest BCUT2D eigenvalue weighted by Gasteiger charge is -2.26. The lowest BCUT2D eigenvalue weighted by atomic mass is 9.97. The Bertz CT molecular complexity index is 2480. The van der Waals surface area contributed by atoms with Crippen molar-refractivity contribution in [3.8, 4) is 63.4 Å². The molecule has 4 aliphatic rings. The van der Waals surface area contributed by atoms with Crippen LogP contribution in [0.2, 0.25) is 0 Å². The maximum atomic E-state index is 6.67. The second-order valence-electron chi connectivity index (χ2n) is 11.3. The molecule has 1 aromatic carbocycles. The SMILES string of the molecule is Cc1cc2c(s1)-c1sc3c4c(sc3c1OC2)-c1c(c2c(c3nsnc13)-c1sc3c5c(sc3c1CO2)-c1sc(I)cc1CO5)OC4. The molecule has 0 fully saturated rings. The highest BCUT2D eigenvalue weighted by atomic mass is 127. The molecule has 0 spiro atoms. The summed E-state index contributed by atoms with van der Waals surface area (Å²) in [6, 6.07) is 4.50. The Hall–Kier alpha value is -2.31. The summed E-state index contributed by atoms with van der Waals surface area (Å²) in [7, 11) is 0. The first-order chi connectivity index (χ1) is 22.1. The van der Waals surface area contributed by atoms with Gasteiger partial charge in [-0.2, -0.15) is 8.75 Å². The van der Waals surface area contributed by atoms with E-state index in [1.165, 1.54) is 89.8 Å². The topological polar surface area (TPSA) is 62.7 Å². The molecule has 14 heteroatoms. The third-order valence-corrected chi connectivity index (χ3v) is 17.9. The first kappa shape index (κ1) is 25.7. The molecule has 7 aromatic heterocycles. The van der Waals surface area contributed by atoms with Gasteiger partial charge in [0.2, 0.25) is 0 Å². The van der Waals surface area contributed by atoms with Crippen molar-refractivity contribution in [2.75, 3.05) is 0 Å². The highest BCUT2D eigenvalue weighted by molar-refractivity contribution is 14.1. The van der Waals surface area contributed by atoms with Crippen LogP contribution >= 0.6 is 102 Å². The number of fused-ring (bicyclic) bond motifs is 22. The summed E-state index contributed by atoms with van der Waals surface area (Å²) in [6.07, 6.45) is 0. The number of benzene rings is 1. The summed E-state index contributed by atoms with van der Waals surface area (Å²) in [5.41, 5.74) is 8.79. The molecular formula is C31H13IN2O4S7. The van der Waals surface area contributed by atoms with E-state index in [0.717, 1.165) is 45.2 Å². The van der Waals surface area contributed by atoms with Crippen LogP contribution < -0.4 is 18.9 Å². The predicted molar refractivity (Wildman–Crippen MR) is 196 cm³/mol. The van der Waals surface area contributed by atoms with Gasteiger partial charge < -0.3 is 18.9 Å². The van der Waals surface area contributed by atoms with Crippen LogP contribution in [0.5, 0.6) is 23.0 Å². The van der Waals surface area contributed by atoms with Crippen LogP contribution in [0.3, 0.4) is 0 Å². The first-order valence-corrected chi connectivity index (χ1v) is 20.7. The third kappa shape index (κ3) is 3.18. The van der Waals surface area contributed by atoms with Gasteiger partial charge in [-0.05, 0) is 41.6 Å². The number of ether oxygens (including phenoxy) is 4. The van der Waals surface area contributed by atoms with Crippen molar-refractivity contribution in [2.24, 2.45) is 0 Å². The molecule has 0 saturated carbocycles. The van der Waals surface area contributed by atoms with E-state index in [2.05, 4.69) is 41.6 Å². The maximum Gasteiger partial charge on any atom is 0.173 e. The zero-order valence-corrected chi connectivity index (χ0v) is 30.6. The zero-order chi connectivity index (χ0) is 29.3. The van der Waals surface area contributed by atoms with Gasteiger partial charge in [0.1, 0.15) is 37.5 Å². The lowest BCUT2D eigenvalue weighted by Crippen LogP contribution is -2.10. The smallest absolute Gasteiger partial charge is 0.173 e. The normalized spacial score (nSPS) is 15.2. The highest BCUT2D eigenvalue weighted by Crippen LogP contribution is 2.64. The van der Waals surface area contributed by atoms with E-state index in [0.29, 0.717) is 26.4 Å². The van der Waals surface area contributed by atoms with E-state index < -0.39 is 0 Å². The molecule has 0 aliphatic carbocycles. The van der Waals surface area contributed by atoms with Crippen molar-refractivity contribution in [1.29, 1.82) is 0 Å². The molecule has 0 saturated heterocycles. The number of hydrogen-bond donors (Lipinski definition) is 0. The molecule has 220 valence electrons. The van der Waals surface area contributed by atoms with Gasteiger partial charge in [-0.25, -0.2) is 0 Å². The van der Waals surface area contributed by atoms with Crippen molar-refractivity contribution in [2.45, 2.75) is 33.4 Å². The molecule has 0 N–H and O–H groups in total. The minimum absolute atomic E-state index is 0.492. The monoisotopic (exact) mass is 828 g/mol. The minimum Gasteiger partial charge on any atom is -0.486 e. The van der Waals surface area contributed by atoms with Gasteiger partial charge in [0.15, 0.2) is 23.0 Å². The van der Waals surface area contributed by atoms with E-state index in [-0.39, 0.29) is 0 Å². The van der Waals surface area contributed by atoms with Crippen molar-refractivity contribution >= 4 is 132 Å². The van der Waals surface area contributed by atoms with E-state index in [4.69, 9.17) is 27.7 Å². The second kappa shape index (κ2) is 8.78. The van der Waals surface area contributed by atoms with Crippen LogP contribution in [0.25, 0.3) is 70.2 Å². The third-order valence-electron chi connectivity index (χ3n) is 8.82. The molecule has 0 bridgehead atoms. The fourth-order valence-electron chi connectivity index (χ4n) is 6.95. The molecule has 4 aliphatic heterocycles. The van der Waals surface area contributed by atoms with Gasteiger partial charge in [0.05, 0.1) is 64.0 Å². The molecular weight excluding hydrogens is 816 g/mol. The second-order valence-corrected chi connectivity index (χ2v) is 20.1. The quantitative estimate of drug-likeness (QED) is 0.142. The van der Waals surface area contributed by atoms with Crippen LogP contribution in [-0.2, 0) is 26.4 Å². The highest BCUT2D eigenvalue weighted by Gasteiger charge is 2.39. The predicted octanol–water partition coefficient (Wildman–Crippen LogP) is 11.5. The van der Waals surface area contributed by atoms with Crippen LogP contribution in [0.1, 0.15) is 27.1 Å². The average Bonchev–Trinajstić information content (AvgIpc) is 3.87. The zero-order valence-electron chi connectivity index (χ0n) is 22.7. The Balaban J connectivity index is 1.07. The molecule has 0 atom stereocenters. The van der Waals surface area contributed by atoms with Crippen LogP contribution in [0.15, 0.2) is 12.1 Å². The molecule has 6 nitrogen and oxygen atoms in total. The molecule has 0 radical (unpaired) electrons. The molecule has 8 aromatic rings. The number of aromatic nitrogens is 2. The van der Waals surface area contributed by atoms with E-state index in [1.54, 1.807) is 22.7 Å². The Morgan fingerprint density at radius 2 is 1.07 bits per heavy atom. The summed E-state index contributed by atoms with van der Waals surface area (Å²) in [5.74, 6) is 3.61. The molecule has 0 unspecified atom stereocenters. The van der Waals surface area contributed by atoms with E-state index in [1.807, 2.05) is 45.3 Å². The number of halogens is 1. The van der Waals surface area contributed by atoms with Crippen LogP contribution in [0, 0.1) is 9.81 Å². The fraction of sp³-hybridized carbons (Fsp3) is 0.161. The Morgan fingerprint density at radius 1 is 0.556 bits per heavy atom. The Labute approximate surface area is 295 Å². The Kier molecular flexibility index (Phi) is 5.02. The van der Waals surface area contributed by atoms with Gasteiger partial charge >= 0.3 is 0 Å². The van der Waals surface area contributed by atoms with Gasteiger partial charge in [-0.1, -0.05) is 0 Å². The first-order valence-electron chi connectivity index (χ1n) is 14.0. The summed E-state index contributed by atoms with van der Waals surface area (Å²) in [5, 5.41) is 0. The maximum absolute atomic E-state index is 6.67. The molecule has 11 heterocycles. The van der Waals surface area contributed by atoms with Crippen molar-refractivity contribution < 1.29 is 18.9 Å². The minimum atomic E-state index is 0.492. The summed E-state index contributed by atoms with van der Waals surface area (Å²) in [6.45, 7) is 4.40. The summed E-state index contributed by atoms with van der Waals surface area (Å²) < 4.78 is 42.1. The number of hydrogen-bond acceptors (Lipinski definition) is 13. The summed E-state index contributed by atoms with van der Waals surface area (Å²) >= 11 is 14.6. The molecule has 45 heavy (non-hydrogen) atoms. The Morgan fingerprint density at radius 3 is 1.67 bits per heavy atom. The van der Waals surface area contributed by atoms with Gasteiger partial charge in [-0.3, -0.25) is 0 Å². The standard InChI is InChI=1S/C31H13IN2O4S7/c1-8-2-9-4-35-20-28(22(9)39-8)43-26-11-6-37-18-14(24(11)41-30(20)26)16-17(34-45-33-16)15-19(18)38-7-12-25(15)42-31-21-29(44-27(12)31)23-10(5-36-21)3-13(32)40-23/h2-3H,4-7H2,1H3. The van der Waals surface area contributed by atoms with Crippen LogP contribution in [-0.4, -0.2) is 8.75 Å². The van der Waals surface area contributed by atoms with Crippen molar-refractivity contribution in [1.82, 2.24) is 8.75 Å². The largest absolute Gasteiger partial charge is 0.486 e. The van der Waals surface area contributed by atoms with Crippen molar-refractivity contribution in [3.05, 3.63) is 42.1 Å².